The predicted octanol–water partition coefficient (Wildman–Crippen LogP) is 6.29. The largest absolute Gasteiger partial charge is 0.477 e. The number of aromatic nitrogens is 1. The van der Waals surface area contributed by atoms with Gasteiger partial charge >= 0.3 is 12.1 Å². The predicted molar refractivity (Wildman–Crippen MR) is 107 cm³/mol. The minimum Gasteiger partial charge on any atom is -0.477 e. The van der Waals surface area contributed by atoms with Crippen molar-refractivity contribution in [1.82, 2.24) is 4.98 Å². The van der Waals surface area contributed by atoms with E-state index in [0.29, 0.717) is 6.07 Å². The number of carbonyl (C=O) groups is 2. The smallest absolute Gasteiger partial charge is 0.417 e. The molecule has 0 aliphatic heterocycles. The van der Waals surface area contributed by atoms with Crippen LogP contribution in [0.2, 0.25) is 10.0 Å². The molecule has 1 aromatic heterocycles. The number of anilines is 1. The lowest BCUT2D eigenvalue weighted by atomic mass is 10.1. The second kappa shape index (κ2) is 9.01. The zero-order valence-electron chi connectivity index (χ0n) is 15.5. The van der Waals surface area contributed by atoms with E-state index in [0.717, 1.165) is 36.5 Å². The van der Waals surface area contributed by atoms with Crippen molar-refractivity contribution in [2.24, 2.45) is 0 Å². The Morgan fingerprint density at radius 1 is 1.00 bits per heavy atom. The van der Waals surface area contributed by atoms with Gasteiger partial charge in [-0.2, -0.15) is 13.2 Å². The highest BCUT2D eigenvalue weighted by atomic mass is 35.5. The van der Waals surface area contributed by atoms with Crippen LogP contribution in [0.5, 0.6) is 11.5 Å². The molecule has 0 saturated heterocycles. The number of aromatic carboxylic acids is 1. The lowest BCUT2D eigenvalue weighted by molar-refractivity contribution is -0.137. The van der Waals surface area contributed by atoms with E-state index in [1.54, 1.807) is 0 Å². The number of halogens is 6. The molecule has 0 fully saturated rings. The maximum absolute atomic E-state index is 13.3. The van der Waals surface area contributed by atoms with E-state index in [2.05, 4.69) is 10.3 Å². The number of pyridine rings is 1. The summed E-state index contributed by atoms with van der Waals surface area (Å²) >= 11 is 11.6. The van der Waals surface area contributed by atoms with Crippen LogP contribution in [0.15, 0.2) is 48.7 Å². The number of hydrogen-bond acceptors (Lipinski definition) is 4. The molecular weight excluding hydrogens is 479 g/mol. The second-order valence-electron chi connectivity index (χ2n) is 6.19. The topological polar surface area (TPSA) is 88.5 Å². The number of rotatable bonds is 5. The summed E-state index contributed by atoms with van der Waals surface area (Å²) in [4.78, 5) is 27.2. The molecule has 1 amide bonds. The number of ether oxygens (including phenoxy) is 1. The summed E-state index contributed by atoms with van der Waals surface area (Å²) in [6.45, 7) is 0. The van der Waals surface area contributed by atoms with E-state index in [1.165, 1.54) is 6.07 Å². The molecule has 0 aliphatic rings. The molecule has 166 valence electrons. The van der Waals surface area contributed by atoms with Crippen molar-refractivity contribution in [3.63, 3.8) is 0 Å². The van der Waals surface area contributed by atoms with Gasteiger partial charge in [0.15, 0.2) is 0 Å². The van der Waals surface area contributed by atoms with Crippen molar-refractivity contribution in [3.05, 3.63) is 81.3 Å². The molecule has 6 nitrogen and oxygen atoms in total. The quantitative estimate of drug-likeness (QED) is 0.412. The van der Waals surface area contributed by atoms with Crippen LogP contribution in [0, 0.1) is 5.82 Å². The first kappa shape index (κ1) is 23.3. The zero-order chi connectivity index (χ0) is 23.6. The maximum Gasteiger partial charge on any atom is 0.417 e. The van der Waals surface area contributed by atoms with Crippen molar-refractivity contribution in [3.8, 4) is 11.5 Å². The fourth-order valence-electron chi connectivity index (χ4n) is 2.50. The molecule has 32 heavy (non-hydrogen) atoms. The first-order chi connectivity index (χ1) is 15.0. The van der Waals surface area contributed by atoms with Gasteiger partial charge in [-0.05, 0) is 42.5 Å². The Labute approximate surface area is 187 Å². The van der Waals surface area contributed by atoms with Gasteiger partial charge in [0.25, 0.3) is 5.91 Å². The van der Waals surface area contributed by atoms with E-state index < -0.39 is 45.8 Å². The van der Waals surface area contributed by atoms with Gasteiger partial charge in [-0.3, -0.25) is 4.79 Å². The number of nitrogens with zero attached hydrogens (tertiary/aromatic N) is 1. The Morgan fingerprint density at radius 2 is 1.72 bits per heavy atom. The van der Waals surface area contributed by atoms with Crippen LogP contribution in [-0.4, -0.2) is 22.0 Å². The SMILES string of the molecule is O=C(O)c1ccc(NC(=O)c2cc(Cl)c(C(F)(F)F)cc2Oc2ccc(F)cc2Cl)cn1. The third-order valence-corrected chi connectivity index (χ3v) is 4.58. The van der Waals surface area contributed by atoms with Gasteiger partial charge < -0.3 is 15.2 Å². The van der Waals surface area contributed by atoms with Crippen LogP contribution in [-0.2, 0) is 6.18 Å². The highest BCUT2D eigenvalue weighted by Gasteiger charge is 2.35. The van der Waals surface area contributed by atoms with Gasteiger partial charge in [0.05, 0.1) is 33.1 Å². The van der Waals surface area contributed by atoms with Gasteiger partial charge in [-0.25, -0.2) is 14.2 Å². The van der Waals surface area contributed by atoms with Crippen molar-refractivity contribution in [2.75, 3.05) is 5.32 Å². The number of alkyl halides is 3. The Bertz CT molecular complexity index is 1200. The molecule has 0 bridgehead atoms. The van der Waals surface area contributed by atoms with E-state index in [4.69, 9.17) is 33.0 Å². The number of amides is 1. The lowest BCUT2D eigenvalue weighted by Crippen LogP contribution is -2.15. The first-order valence-electron chi connectivity index (χ1n) is 8.50. The molecule has 2 N–H and O–H groups in total. The standard InChI is InChI=1S/C20H10Cl2F4N2O4/c21-13-6-11(18(29)28-10-2-3-15(19(30)31)27-8-10)17(7-12(13)20(24,25)26)32-16-4-1-9(23)5-14(16)22/h1-8H,(H,28,29)(H,30,31). The molecule has 12 heteroatoms. The van der Waals surface area contributed by atoms with E-state index in [-0.39, 0.29) is 22.2 Å². The monoisotopic (exact) mass is 488 g/mol. The van der Waals surface area contributed by atoms with Gasteiger partial charge in [-0.1, -0.05) is 23.2 Å². The maximum atomic E-state index is 13.3. The zero-order valence-corrected chi connectivity index (χ0v) is 17.0. The van der Waals surface area contributed by atoms with E-state index in [1.807, 2.05) is 0 Å². The van der Waals surface area contributed by atoms with E-state index >= 15 is 0 Å². The van der Waals surface area contributed by atoms with Crippen LogP contribution >= 0.6 is 23.2 Å². The normalized spacial score (nSPS) is 11.2. The Balaban J connectivity index is 2.01. The number of carboxylic acids is 1. The molecule has 0 radical (unpaired) electrons. The van der Waals surface area contributed by atoms with Crippen molar-refractivity contribution in [1.29, 1.82) is 0 Å². The number of benzene rings is 2. The molecule has 3 rings (SSSR count). The molecule has 0 atom stereocenters. The highest BCUT2D eigenvalue weighted by Crippen LogP contribution is 2.41. The van der Waals surface area contributed by atoms with E-state index in [9.17, 15) is 27.2 Å². The van der Waals surface area contributed by atoms with Crippen LogP contribution < -0.4 is 10.1 Å². The second-order valence-corrected chi connectivity index (χ2v) is 7.01. The van der Waals surface area contributed by atoms with Gasteiger partial charge in [0.2, 0.25) is 0 Å². The fourth-order valence-corrected chi connectivity index (χ4v) is 2.98. The van der Waals surface area contributed by atoms with Crippen molar-refractivity contribution < 1.29 is 37.0 Å². The molecule has 1 heterocycles. The summed E-state index contributed by atoms with van der Waals surface area (Å²) in [5.74, 6) is -3.68. The summed E-state index contributed by atoms with van der Waals surface area (Å²) in [7, 11) is 0. The average Bonchev–Trinajstić information content (AvgIpc) is 2.70. The number of carbonyl (C=O) groups excluding carboxylic acids is 1. The Kier molecular flexibility index (Phi) is 6.56. The average molecular weight is 489 g/mol. The van der Waals surface area contributed by atoms with Crippen LogP contribution in [0.1, 0.15) is 26.4 Å². The molecule has 0 aliphatic carbocycles. The fraction of sp³-hybridized carbons (Fsp3) is 0.0500. The highest BCUT2D eigenvalue weighted by molar-refractivity contribution is 6.32. The molecule has 2 aromatic carbocycles. The lowest BCUT2D eigenvalue weighted by Gasteiger charge is -2.16. The third-order valence-electron chi connectivity index (χ3n) is 3.97. The Hall–Kier alpha value is -3.37. The summed E-state index contributed by atoms with van der Waals surface area (Å²) in [5.41, 5.74) is -1.89. The summed E-state index contributed by atoms with van der Waals surface area (Å²) < 4.78 is 58.6. The summed E-state index contributed by atoms with van der Waals surface area (Å²) in [6.07, 6.45) is -3.81. The molecule has 3 aromatic rings. The minimum atomic E-state index is -4.85. The van der Waals surface area contributed by atoms with Gasteiger partial charge in [-0.15, -0.1) is 0 Å². The Morgan fingerprint density at radius 3 is 2.28 bits per heavy atom. The molecule has 0 spiro atoms. The number of nitrogens with one attached hydrogen (secondary N) is 1. The molecular formula is C20H10Cl2F4N2O4. The number of hydrogen-bond donors (Lipinski definition) is 2. The van der Waals surface area contributed by atoms with Crippen molar-refractivity contribution >= 4 is 40.8 Å². The minimum absolute atomic E-state index is 0.0572. The van der Waals surface area contributed by atoms with Crippen LogP contribution in [0.3, 0.4) is 0 Å². The third kappa shape index (κ3) is 5.27. The van der Waals surface area contributed by atoms with Gasteiger partial charge in [0.1, 0.15) is 23.0 Å². The summed E-state index contributed by atoms with van der Waals surface area (Å²) in [6, 6.07) is 6.55. The van der Waals surface area contributed by atoms with Crippen molar-refractivity contribution in [2.45, 2.75) is 6.18 Å². The van der Waals surface area contributed by atoms with Crippen LogP contribution in [0.4, 0.5) is 23.2 Å². The summed E-state index contributed by atoms with van der Waals surface area (Å²) in [5, 5.41) is 10.2. The van der Waals surface area contributed by atoms with Crippen LogP contribution in [0.25, 0.3) is 0 Å². The molecule has 0 saturated carbocycles. The molecule has 0 unspecified atom stereocenters. The number of carboxylic acid groups (broad SMARTS) is 1. The van der Waals surface area contributed by atoms with Gasteiger partial charge in [0, 0.05) is 0 Å². The first-order valence-corrected chi connectivity index (χ1v) is 9.25.